The topological polar surface area (TPSA) is 34.1 Å². The van der Waals surface area contributed by atoms with Crippen LogP contribution in [0, 0.1) is 33.0 Å². The standard InChI is InChI=1S/C21H30O2/c1-17(2)15(22)6-7-19(4)14-12-16(23)18(3)8-10-21(14,13-18)11-9-20(17,19)5/h8,10,14H,6-7,9,11-13H2,1-5H3/t14-,18+,19-,20+,21+/m0/s1. The van der Waals surface area contributed by atoms with Gasteiger partial charge in [-0.3, -0.25) is 9.59 Å². The average Bonchev–Trinajstić information content (AvgIpc) is 2.78. The van der Waals surface area contributed by atoms with Gasteiger partial charge in [-0.25, -0.2) is 0 Å². The van der Waals surface area contributed by atoms with E-state index in [4.69, 9.17) is 0 Å². The maximum atomic E-state index is 12.9. The third kappa shape index (κ3) is 1.52. The minimum atomic E-state index is -0.284. The van der Waals surface area contributed by atoms with Gasteiger partial charge >= 0.3 is 0 Å². The van der Waals surface area contributed by atoms with E-state index in [1.807, 2.05) is 0 Å². The number of rotatable bonds is 0. The lowest BCUT2D eigenvalue weighted by Crippen LogP contribution is -2.65. The monoisotopic (exact) mass is 314 g/mol. The van der Waals surface area contributed by atoms with Gasteiger partial charge in [-0.2, -0.15) is 0 Å². The Morgan fingerprint density at radius 2 is 1.61 bits per heavy atom. The van der Waals surface area contributed by atoms with Crippen molar-refractivity contribution in [2.45, 2.75) is 73.1 Å². The Labute approximate surface area is 140 Å². The Kier molecular flexibility index (Phi) is 2.71. The van der Waals surface area contributed by atoms with Crippen molar-refractivity contribution in [3.05, 3.63) is 12.2 Å². The summed E-state index contributed by atoms with van der Waals surface area (Å²) in [5, 5.41) is 0. The van der Waals surface area contributed by atoms with E-state index in [2.05, 4.69) is 46.8 Å². The summed E-state index contributed by atoms with van der Waals surface area (Å²) in [5.41, 5.74) is -0.230. The Morgan fingerprint density at radius 1 is 0.913 bits per heavy atom. The predicted molar refractivity (Wildman–Crippen MR) is 90.9 cm³/mol. The van der Waals surface area contributed by atoms with Crippen LogP contribution in [0.5, 0.6) is 0 Å². The zero-order valence-corrected chi connectivity index (χ0v) is 15.3. The first-order chi connectivity index (χ1) is 10.5. The Morgan fingerprint density at radius 3 is 2.30 bits per heavy atom. The van der Waals surface area contributed by atoms with E-state index in [0.29, 0.717) is 30.3 Å². The first kappa shape index (κ1) is 15.6. The highest BCUT2D eigenvalue weighted by Crippen LogP contribution is 2.74. The summed E-state index contributed by atoms with van der Waals surface area (Å²) < 4.78 is 0. The largest absolute Gasteiger partial charge is 0.299 e. The van der Waals surface area contributed by atoms with Crippen LogP contribution < -0.4 is 0 Å². The van der Waals surface area contributed by atoms with Crippen molar-refractivity contribution in [2.24, 2.45) is 33.0 Å². The predicted octanol–water partition coefficient (Wildman–Crippen LogP) is 4.72. The second-order valence-electron chi connectivity index (χ2n) is 10.1. The molecule has 0 radical (unpaired) electrons. The van der Waals surface area contributed by atoms with Gasteiger partial charge in [-0.05, 0) is 54.8 Å². The lowest BCUT2D eigenvalue weighted by molar-refractivity contribution is -0.199. The third-order valence-electron chi connectivity index (χ3n) is 9.27. The molecule has 23 heavy (non-hydrogen) atoms. The summed E-state index contributed by atoms with van der Waals surface area (Å²) in [7, 11) is 0. The molecule has 1 spiro atoms. The van der Waals surface area contributed by atoms with Crippen molar-refractivity contribution in [2.75, 3.05) is 0 Å². The molecule has 0 aromatic rings. The maximum absolute atomic E-state index is 12.9. The summed E-state index contributed by atoms with van der Waals surface area (Å²) in [6, 6.07) is 0. The summed E-state index contributed by atoms with van der Waals surface area (Å²) in [5.74, 6) is 1.25. The van der Waals surface area contributed by atoms with Crippen LogP contribution in [-0.2, 0) is 9.59 Å². The quantitative estimate of drug-likeness (QED) is 0.606. The molecule has 0 heterocycles. The number of hydrogen-bond donors (Lipinski definition) is 0. The minimum absolute atomic E-state index is 0.00426. The van der Waals surface area contributed by atoms with Crippen molar-refractivity contribution in [3.63, 3.8) is 0 Å². The van der Waals surface area contributed by atoms with E-state index < -0.39 is 0 Å². The second-order valence-corrected chi connectivity index (χ2v) is 10.1. The highest BCUT2D eigenvalue weighted by molar-refractivity contribution is 5.90. The molecule has 0 aliphatic heterocycles. The normalized spacial score (nSPS) is 53.9. The van der Waals surface area contributed by atoms with Gasteiger partial charge in [-0.1, -0.05) is 39.8 Å². The van der Waals surface area contributed by atoms with Gasteiger partial charge in [-0.15, -0.1) is 0 Å². The van der Waals surface area contributed by atoms with Crippen LogP contribution in [0.15, 0.2) is 12.2 Å². The zero-order chi connectivity index (χ0) is 16.9. The second kappa shape index (κ2) is 4.00. The molecule has 0 saturated heterocycles. The van der Waals surface area contributed by atoms with Crippen LogP contribution in [-0.4, -0.2) is 11.6 Å². The fraction of sp³-hybridized carbons (Fsp3) is 0.810. The number of carbonyl (C=O) groups is 2. The number of allylic oxidation sites excluding steroid dienone is 2. The molecule has 0 N–H and O–H groups in total. The minimum Gasteiger partial charge on any atom is -0.299 e. The van der Waals surface area contributed by atoms with Crippen LogP contribution in [0.4, 0.5) is 0 Å². The van der Waals surface area contributed by atoms with Gasteiger partial charge in [0.1, 0.15) is 11.6 Å². The molecule has 126 valence electrons. The van der Waals surface area contributed by atoms with Gasteiger partial charge in [0.2, 0.25) is 0 Å². The molecular weight excluding hydrogens is 284 g/mol. The molecule has 2 heteroatoms. The molecule has 0 aromatic heterocycles. The van der Waals surface area contributed by atoms with Crippen molar-refractivity contribution < 1.29 is 9.59 Å². The first-order valence-electron chi connectivity index (χ1n) is 9.28. The van der Waals surface area contributed by atoms with Gasteiger partial charge in [0.25, 0.3) is 0 Å². The van der Waals surface area contributed by atoms with Crippen molar-refractivity contribution in [3.8, 4) is 0 Å². The fourth-order valence-corrected chi connectivity index (χ4v) is 7.03. The van der Waals surface area contributed by atoms with Crippen molar-refractivity contribution in [1.82, 2.24) is 0 Å². The highest BCUT2D eigenvalue weighted by Gasteiger charge is 2.70. The van der Waals surface area contributed by atoms with E-state index in [9.17, 15) is 9.59 Å². The Balaban J connectivity index is 1.85. The summed E-state index contributed by atoms with van der Waals surface area (Å²) in [6.45, 7) is 11.2. The number of fused-ring (bicyclic) bond motifs is 3. The number of hydrogen-bond acceptors (Lipinski definition) is 2. The Hall–Kier alpha value is -0.920. The van der Waals surface area contributed by atoms with E-state index in [1.165, 1.54) is 0 Å². The maximum Gasteiger partial charge on any atom is 0.142 e. The zero-order valence-electron chi connectivity index (χ0n) is 15.3. The Bertz CT molecular complexity index is 644. The van der Waals surface area contributed by atoms with E-state index >= 15 is 0 Å². The van der Waals surface area contributed by atoms with Crippen molar-refractivity contribution in [1.29, 1.82) is 0 Å². The smallest absolute Gasteiger partial charge is 0.142 e. The molecule has 4 aliphatic carbocycles. The van der Waals surface area contributed by atoms with E-state index in [1.54, 1.807) is 0 Å². The molecule has 3 fully saturated rings. The molecule has 0 amide bonds. The number of Topliss-reactive ketones (excluding diaryl/α,β-unsaturated/α-hetero) is 2. The molecular formula is C21H30O2. The molecule has 2 nitrogen and oxygen atoms in total. The number of ketones is 2. The summed E-state index contributed by atoms with van der Waals surface area (Å²) in [6.07, 6.45) is 10.2. The molecule has 4 aliphatic rings. The molecule has 3 saturated carbocycles. The molecule has 4 rings (SSSR count). The summed E-state index contributed by atoms with van der Waals surface area (Å²) >= 11 is 0. The first-order valence-corrected chi connectivity index (χ1v) is 9.28. The summed E-state index contributed by atoms with van der Waals surface area (Å²) in [4.78, 5) is 25.5. The van der Waals surface area contributed by atoms with Gasteiger partial charge < -0.3 is 0 Å². The highest BCUT2D eigenvalue weighted by atomic mass is 16.1. The number of carbonyl (C=O) groups excluding carboxylic acids is 2. The van der Waals surface area contributed by atoms with Crippen LogP contribution >= 0.6 is 0 Å². The van der Waals surface area contributed by atoms with Crippen LogP contribution in [0.2, 0.25) is 0 Å². The average molecular weight is 314 g/mol. The van der Waals surface area contributed by atoms with Crippen LogP contribution in [0.1, 0.15) is 73.1 Å². The SMILES string of the molecule is CC1(C)C(=O)CC[C@@]2(C)[C@@H]3CC(=O)[C@]4(C)C=C[C@@]3(CC[C@]12C)C4. The van der Waals surface area contributed by atoms with Gasteiger partial charge in [0, 0.05) is 23.7 Å². The third-order valence-corrected chi connectivity index (χ3v) is 9.27. The fourth-order valence-electron chi connectivity index (χ4n) is 7.03. The molecule has 2 bridgehead atoms. The van der Waals surface area contributed by atoms with Crippen molar-refractivity contribution >= 4 is 11.6 Å². The molecule has 5 atom stereocenters. The van der Waals surface area contributed by atoms with Crippen LogP contribution in [0.25, 0.3) is 0 Å². The lowest BCUT2D eigenvalue weighted by Gasteiger charge is -2.68. The van der Waals surface area contributed by atoms with Gasteiger partial charge in [0.05, 0.1) is 0 Å². The molecule has 0 aromatic carbocycles. The van der Waals surface area contributed by atoms with E-state index in [0.717, 1.165) is 25.7 Å². The lowest BCUT2D eigenvalue weighted by atomic mass is 9.34. The molecule has 0 unspecified atom stereocenters. The van der Waals surface area contributed by atoms with Gasteiger partial charge in [0.15, 0.2) is 0 Å². The van der Waals surface area contributed by atoms with E-state index in [-0.39, 0.29) is 27.1 Å². The van der Waals surface area contributed by atoms with Crippen LogP contribution in [0.3, 0.4) is 0 Å².